The monoisotopic (exact) mass is 294 g/mol. The summed E-state index contributed by atoms with van der Waals surface area (Å²) < 4.78 is 0. The SMILES string of the molecule is Cc1cc(C(CN)N2CCC(C(C)(C)C)CC2)c(C)s1. The van der Waals surface area contributed by atoms with Crippen molar-refractivity contribution in [1.82, 2.24) is 4.90 Å². The Kier molecular flexibility index (Phi) is 4.93. The van der Waals surface area contributed by atoms with Gasteiger partial charge in [-0.1, -0.05) is 20.8 Å². The first kappa shape index (κ1) is 16.0. The lowest BCUT2D eigenvalue weighted by Crippen LogP contribution is -2.42. The molecule has 1 aromatic heterocycles. The molecule has 1 atom stereocenters. The van der Waals surface area contributed by atoms with E-state index in [2.05, 4.69) is 45.6 Å². The predicted molar refractivity (Wildman–Crippen MR) is 89.3 cm³/mol. The minimum absolute atomic E-state index is 0.417. The number of aryl methyl sites for hydroxylation is 2. The van der Waals surface area contributed by atoms with E-state index in [4.69, 9.17) is 5.73 Å². The lowest BCUT2D eigenvalue weighted by atomic mass is 9.75. The zero-order valence-electron chi connectivity index (χ0n) is 13.7. The molecule has 0 spiro atoms. The highest BCUT2D eigenvalue weighted by molar-refractivity contribution is 7.12. The quantitative estimate of drug-likeness (QED) is 0.908. The molecule has 2 rings (SSSR count). The van der Waals surface area contributed by atoms with Crippen LogP contribution in [-0.4, -0.2) is 24.5 Å². The van der Waals surface area contributed by atoms with Crippen LogP contribution in [0, 0.1) is 25.2 Å². The molecule has 1 aliphatic heterocycles. The van der Waals surface area contributed by atoms with Crippen LogP contribution in [0.2, 0.25) is 0 Å². The van der Waals surface area contributed by atoms with Crippen molar-refractivity contribution in [3.05, 3.63) is 21.4 Å². The van der Waals surface area contributed by atoms with Gasteiger partial charge in [-0.3, -0.25) is 4.90 Å². The van der Waals surface area contributed by atoms with E-state index >= 15 is 0 Å². The van der Waals surface area contributed by atoms with Gasteiger partial charge in [-0.2, -0.15) is 0 Å². The number of thiophene rings is 1. The molecule has 1 aromatic rings. The van der Waals surface area contributed by atoms with Gasteiger partial charge in [0.15, 0.2) is 0 Å². The van der Waals surface area contributed by atoms with Crippen LogP contribution in [0.5, 0.6) is 0 Å². The molecule has 0 saturated carbocycles. The van der Waals surface area contributed by atoms with Gasteiger partial charge in [-0.05, 0) is 62.7 Å². The van der Waals surface area contributed by atoms with E-state index in [0.717, 1.165) is 12.5 Å². The normalized spacial score (nSPS) is 20.3. The number of likely N-dealkylation sites (tertiary alicyclic amines) is 1. The standard InChI is InChI=1S/C17H30N2S/c1-12-10-15(13(2)20-12)16(11-18)19-8-6-14(7-9-19)17(3,4)5/h10,14,16H,6-9,11,18H2,1-5H3. The van der Waals surface area contributed by atoms with Crippen molar-refractivity contribution in [3.8, 4) is 0 Å². The highest BCUT2D eigenvalue weighted by Gasteiger charge is 2.32. The molecule has 0 amide bonds. The summed E-state index contributed by atoms with van der Waals surface area (Å²) in [5, 5.41) is 0. The fraction of sp³-hybridized carbons (Fsp3) is 0.765. The maximum absolute atomic E-state index is 6.10. The molecular formula is C17H30N2S. The van der Waals surface area contributed by atoms with Gasteiger partial charge in [0.25, 0.3) is 0 Å². The van der Waals surface area contributed by atoms with Crippen LogP contribution in [0.3, 0.4) is 0 Å². The molecule has 0 radical (unpaired) electrons. The van der Waals surface area contributed by atoms with Gasteiger partial charge in [-0.15, -0.1) is 11.3 Å². The first-order chi connectivity index (χ1) is 9.32. The molecule has 2 heterocycles. The van der Waals surface area contributed by atoms with Crippen LogP contribution in [0.25, 0.3) is 0 Å². The van der Waals surface area contributed by atoms with E-state index in [1.165, 1.54) is 41.2 Å². The van der Waals surface area contributed by atoms with Gasteiger partial charge in [0.05, 0.1) is 0 Å². The van der Waals surface area contributed by atoms with Crippen molar-refractivity contribution in [3.63, 3.8) is 0 Å². The summed E-state index contributed by atoms with van der Waals surface area (Å²) in [7, 11) is 0. The van der Waals surface area contributed by atoms with Crippen LogP contribution in [0.4, 0.5) is 0 Å². The first-order valence-electron chi connectivity index (χ1n) is 7.84. The van der Waals surface area contributed by atoms with Crippen LogP contribution in [0.15, 0.2) is 6.07 Å². The molecule has 1 fully saturated rings. The van der Waals surface area contributed by atoms with Crippen molar-refractivity contribution in [1.29, 1.82) is 0 Å². The number of rotatable bonds is 3. The molecule has 1 aliphatic rings. The molecule has 0 bridgehead atoms. The second-order valence-corrected chi connectivity index (χ2v) is 8.76. The molecule has 1 unspecified atom stereocenters. The number of hydrogen-bond acceptors (Lipinski definition) is 3. The lowest BCUT2D eigenvalue weighted by molar-refractivity contribution is 0.0846. The van der Waals surface area contributed by atoms with Crippen LogP contribution < -0.4 is 5.73 Å². The van der Waals surface area contributed by atoms with Crippen molar-refractivity contribution in [2.75, 3.05) is 19.6 Å². The van der Waals surface area contributed by atoms with Crippen molar-refractivity contribution in [2.45, 2.75) is 53.5 Å². The molecule has 0 aromatic carbocycles. The Bertz CT molecular complexity index is 436. The Morgan fingerprint density at radius 2 is 1.90 bits per heavy atom. The summed E-state index contributed by atoms with van der Waals surface area (Å²) >= 11 is 1.90. The minimum atomic E-state index is 0.417. The van der Waals surface area contributed by atoms with Crippen LogP contribution >= 0.6 is 11.3 Å². The maximum Gasteiger partial charge on any atom is 0.0481 e. The second-order valence-electron chi connectivity index (χ2n) is 7.30. The van der Waals surface area contributed by atoms with Gasteiger partial charge < -0.3 is 5.73 Å². The number of hydrogen-bond donors (Lipinski definition) is 1. The van der Waals surface area contributed by atoms with E-state index in [-0.39, 0.29) is 0 Å². The van der Waals surface area contributed by atoms with E-state index in [0.29, 0.717) is 11.5 Å². The molecule has 2 nitrogen and oxygen atoms in total. The molecular weight excluding hydrogens is 264 g/mol. The summed E-state index contributed by atoms with van der Waals surface area (Å²) in [6.45, 7) is 14.7. The molecule has 1 saturated heterocycles. The van der Waals surface area contributed by atoms with Crippen molar-refractivity contribution in [2.24, 2.45) is 17.1 Å². The average Bonchev–Trinajstić information content (AvgIpc) is 2.69. The van der Waals surface area contributed by atoms with E-state index in [1.807, 2.05) is 11.3 Å². The van der Waals surface area contributed by atoms with Gasteiger partial charge in [-0.25, -0.2) is 0 Å². The largest absolute Gasteiger partial charge is 0.329 e. The van der Waals surface area contributed by atoms with Gasteiger partial charge in [0.2, 0.25) is 0 Å². The number of piperidine rings is 1. The van der Waals surface area contributed by atoms with Crippen LogP contribution in [-0.2, 0) is 0 Å². The Hall–Kier alpha value is -0.380. The third-order valence-corrected chi connectivity index (χ3v) is 5.84. The second kappa shape index (κ2) is 6.17. The summed E-state index contributed by atoms with van der Waals surface area (Å²) in [5.74, 6) is 0.850. The molecule has 114 valence electrons. The number of nitrogens with two attached hydrogens (primary N) is 1. The van der Waals surface area contributed by atoms with Gasteiger partial charge >= 0.3 is 0 Å². The summed E-state index contributed by atoms with van der Waals surface area (Å²) in [4.78, 5) is 5.45. The molecule has 3 heteroatoms. The number of nitrogens with zero attached hydrogens (tertiary/aromatic N) is 1. The molecule has 2 N–H and O–H groups in total. The third-order valence-electron chi connectivity index (χ3n) is 4.86. The van der Waals surface area contributed by atoms with Gasteiger partial charge in [0, 0.05) is 22.3 Å². The Morgan fingerprint density at radius 1 is 1.30 bits per heavy atom. The highest BCUT2D eigenvalue weighted by Crippen LogP contribution is 2.37. The van der Waals surface area contributed by atoms with Gasteiger partial charge in [0.1, 0.15) is 0 Å². The topological polar surface area (TPSA) is 29.3 Å². The fourth-order valence-electron chi connectivity index (χ4n) is 3.53. The Labute approximate surface area is 128 Å². The van der Waals surface area contributed by atoms with E-state index < -0.39 is 0 Å². The molecule has 20 heavy (non-hydrogen) atoms. The predicted octanol–water partition coefficient (Wildman–Crippen LogP) is 4.12. The molecule has 0 aliphatic carbocycles. The Morgan fingerprint density at radius 3 is 2.30 bits per heavy atom. The summed E-state index contributed by atoms with van der Waals surface area (Å²) in [5.41, 5.74) is 8.00. The van der Waals surface area contributed by atoms with Crippen molar-refractivity contribution >= 4 is 11.3 Å². The zero-order chi connectivity index (χ0) is 14.9. The van der Waals surface area contributed by atoms with Crippen molar-refractivity contribution < 1.29 is 0 Å². The lowest BCUT2D eigenvalue weighted by Gasteiger charge is -2.41. The minimum Gasteiger partial charge on any atom is -0.329 e. The fourth-order valence-corrected chi connectivity index (χ4v) is 4.51. The first-order valence-corrected chi connectivity index (χ1v) is 8.65. The summed E-state index contributed by atoms with van der Waals surface area (Å²) in [6.07, 6.45) is 2.62. The zero-order valence-corrected chi connectivity index (χ0v) is 14.5. The third kappa shape index (κ3) is 3.44. The highest BCUT2D eigenvalue weighted by atomic mass is 32.1. The van der Waals surface area contributed by atoms with E-state index in [1.54, 1.807) is 0 Å². The van der Waals surface area contributed by atoms with E-state index in [9.17, 15) is 0 Å². The summed E-state index contributed by atoms with van der Waals surface area (Å²) in [6, 6.07) is 2.76. The maximum atomic E-state index is 6.10. The average molecular weight is 295 g/mol. The Balaban J connectivity index is 2.06. The van der Waals surface area contributed by atoms with Crippen LogP contribution in [0.1, 0.15) is 55.0 Å². The smallest absolute Gasteiger partial charge is 0.0481 e.